The standard InChI is InChI=1S/C23H45NO5/c1-5-6-7-8-9-10-11-12-13-14-15-16-17-18-28-22(25)21(2)24(3)23(26)29-20-19-27-4/h21H,5-20H2,1-4H3. The van der Waals surface area contributed by atoms with Gasteiger partial charge >= 0.3 is 12.1 Å². The molecule has 0 aliphatic carbocycles. The molecule has 1 atom stereocenters. The number of likely N-dealkylation sites (N-methyl/N-ethyl adjacent to an activating group) is 1. The molecule has 0 aromatic heterocycles. The van der Waals surface area contributed by atoms with Crippen LogP contribution in [0, 0.1) is 0 Å². The molecule has 0 saturated carbocycles. The summed E-state index contributed by atoms with van der Waals surface area (Å²) in [5.74, 6) is -0.393. The number of ether oxygens (including phenoxy) is 3. The summed E-state index contributed by atoms with van der Waals surface area (Å²) in [5.41, 5.74) is 0. The summed E-state index contributed by atoms with van der Waals surface area (Å²) in [6.45, 7) is 4.81. The molecule has 1 amide bonds. The van der Waals surface area contributed by atoms with Crippen molar-refractivity contribution in [2.45, 2.75) is 103 Å². The van der Waals surface area contributed by atoms with Crippen molar-refractivity contribution in [1.29, 1.82) is 0 Å². The van der Waals surface area contributed by atoms with Crippen LogP contribution in [0.25, 0.3) is 0 Å². The van der Waals surface area contributed by atoms with E-state index in [9.17, 15) is 9.59 Å². The fraction of sp³-hybridized carbons (Fsp3) is 0.913. The zero-order valence-electron chi connectivity index (χ0n) is 19.4. The Morgan fingerprint density at radius 3 is 1.69 bits per heavy atom. The highest BCUT2D eigenvalue weighted by Gasteiger charge is 2.24. The lowest BCUT2D eigenvalue weighted by Crippen LogP contribution is -2.42. The summed E-state index contributed by atoms with van der Waals surface area (Å²) in [6.07, 6.45) is 16.1. The Hall–Kier alpha value is -1.30. The predicted molar refractivity (Wildman–Crippen MR) is 117 cm³/mol. The van der Waals surface area contributed by atoms with E-state index in [4.69, 9.17) is 14.2 Å². The Morgan fingerprint density at radius 2 is 1.21 bits per heavy atom. The van der Waals surface area contributed by atoms with Crippen LogP contribution in [0.15, 0.2) is 0 Å². The van der Waals surface area contributed by atoms with Crippen molar-refractivity contribution < 1.29 is 23.8 Å². The maximum Gasteiger partial charge on any atom is 0.410 e. The number of amides is 1. The first-order valence-electron chi connectivity index (χ1n) is 11.6. The highest BCUT2D eigenvalue weighted by atomic mass is 16.6. The van der Waals surface area contributed by atoms with E-state index in [2.05, 4.69) is 6.92 Å². The summed E-state index contributed by atoms with van der Waals surface area (Å²) >= 11 is 0. The van der Waals surface area contributed by atoms with Crippen LogP contribution in [-0.4, -0.2) is 57.0 Å². The number of rotatable bonds is 19. The second-order valence-corrected chi connectivity index (χ2v) is 7.80. The Bertz CT molecular complexity index is 403. The molecule has 0 N–H and O–H groups in total. The Kier molecular flexibility index (Phi) is 19.1. The van der Waals surface area contributed by atoms with Crippen molar-refractivity contribution in [2.75, 3.05) is 34.0 Å². The molecule has 0 aliphatic rings. The molecule has 0 aromatic rings. The summed E-state index contributed by atoms with van der Waals surface area (Å²) in [6, 6.07) is -0.660. The Labute approximate surface area is 178 Å². The number of unbranched alkanes of at least 4 members (excludes halogenated alkanes) is 12. The van der Waals surface area contributed by atoms with Crippen LogP contribution in [0.4, 0.5) is 4.79 Å². The van der Waals surface area contributed by atoms with E-state index in [1.807, 2.05) is 0 Å². The minimum atomic E-state index is -0.660. The van der Waals surface area contributed by atoms with Gasteiger partial charge in [-0.15, -0.1) is 0 Å². The van der Waals surface area contributed by atoms with Gasteiger partial charge in [0.1, 0.15) is 12.6 Å². The van der Waals surface area contributed by atoms with Crippen molar-refractivity contribution in [3.63, 3.8) is 0 Å². The van der Waals surface area contributed by atoms with Gasteiger partial charge in [0.15, 0.2) is 0 Å². The van der Waals surface area contributed by atoms with Crippen molar-refractivity contribution in [2.24, 2.45) is 0 Å². The third kappa shape index (κ3) is 16.2. The number of hydrogen-bond acceptors (Lipinski definition) is 5. The zero-order chi connectivity index (χ0) is 21.7. The van der Waals surface area contributed by atoms with Crippen LogP contribution in [0.1, 0.15) is 97.3 Å². The summed E-state index contributed by atoms with van der Waals surface area (Å²) in [5, 5.41) is 0. The van der Waals surface area contributed by atoms with Crippen LogP contribution in [-0.2, 0) is 19.0 Å². The van der Waals surface area contributed by atoms with E-state index in [-0.39, 0.29) is 6.61 Å². The average molecular weight is 416 g/mol. The van der Waals surface area contributed by atoms with Crippen molar-refractivity contribution >= 4 is 12.1 Å². The van der Waals surface area contributed by atoms with E-state index in [1.165, 1.54) is 89.7 Å². The lowest BCUT2D eigenvalue weighted by atomic mass is 10.0. The monoisotopic (exact) mass is 415 g/mol. The molecular formula is C23H45NO5. The molecule has 29 heavy (non-hydrogen) atoms. The summed E-state index contributed by atoms with van der Waals surface area (Å²) < 4.78 is 15.1. The fourth-order valence-corrected chi connectivity index (χ4v) is 3.04. The van der Waals surface area contributed by atoms with Gasteiger partial charge in [-0.3, -0.25) is 4.90 Å². The van der Waals surface area contributed by atoms with Crippen molar-refractivity contribution in [1.82, 2.24) is 4.90 Å². The van der Waals surface area contributed by atoms with Crippen LogP contribution in [0.3, 0.4) is 0 Å². The number of nitrogens with zero attached hydrogens (tertiary/aromatic N) is 1. The quantitative estimate of drug-likeness (QED) is 0.199. The van der Waals surface area contributed by atoms with Gasteiger partial charge in [-0.25, -0.2) is 9.59 Å². The van der Waals surface area contributed by atoms with Gasteiger partial charge in [-0.05, 0) is 13.3 Å². The average Bonchev–Trinajstić information content (AvgIpc) is 2.72. The van der Waals surface area contributed by atoms with Crippen LogP contribution in [0.2, 0.25) is 0 Å². The molecule has 0 aliphatic heterocycles. The molecule has 172 valence electrons. The topological polar surface area (TPSA) is 65.1 Å². The van der Waals surface area contributed by atoms with Gasteiger partial charge in [0.2, 0.25) is 0 Å². The Morgan fingerprint density at radius 1 is 0.724 bits per heavy atom. The number of esters is 1. The zero-order valence-corrected chi connectivity index (χ0v) is 19.4. The molecule has 0 heterocycles. The molecule has 0 spiro atoms. The molecular weight excluding hydrogens is 370 g/mol. The van der Waals surface area contributed by atoms with Gasteiger partial charge in [0.25, 0.3) is 0 Å². The molecule has 6 heteroatoms. The first-order chi connectivity index (χ1) is 14.0. The van der Waals surface area contributed by atoms with Gasteiger partial charge in [0, 0.05) is 14.2 Å². The first kappa shape index (κ1) is 27.7. The highest BCUT2D eigenvalue weighted by molar-refractivity contribution is 5.80. The van der Waals surface area contributed by atoms with Gasteiger partial charge < -0.3 is 14.2 Å². The minimum absolute atomic E-state index is 0.167. The van der Waals surface area contributed by atoms with E-state index >= 15 is 0 Å². The van der Waals surface area contributed by atoms with Crippen molar-refractivity contribution in [3.05, 3.63) is 0 Å². The third-order valence-electron chi connectivity index (χ3n) is 5.22. The molecule has 0 fully saturated rings. The molecule has 6 nitrogen and oxygen atoms in total. The SMILES string of the molecule is CCCCCCCCCCCCCCCOC(=O)C(C)N(C)C(=O)OCCOC. The van der Waals surface area contributed by atoms with E-state index in [1.54, 1.807) is 6.92 Å². The first-order valence-corrected chi connectivity index (χ1v) is 11.6. The normalized spacial score (nSPS) is 11.9. The smallest absolute Gasteiger partial charge is 0.410 e. The van der Waals surface area contributed by atoms with Crippen LogP contribution >= 0.6 is 0 Å². The maximum atomic E-state index is 12.0. The Balaban J connectivity index is 3.53. The predicted octanol–water partition coefficient (Wildman–Crippen LogP) is 5.72. The number of methoxy groups -OCH3 is 1. The minimum Gasteiger partial charge on any atom is -0.464 e. The van der Waals surface area contributed by atoms with Gasteiger partial charge in [0.05, 0.1) is 13.2 Å². The molecule has 1 unspecified atom stereocenters. The largest absolute Gasteiger partial charge is 0.464 e. The molecule has 0 radical (unpaired) electrons. The lowest BCUT2D eigenvalue weighted by molar-refractivity contribution is -0.148. The van der Waals surface area contributed by atoms with Gasteiger partial charge in [-0.2, -0.15) is 0 Å². The van der Waals surface area contributed by atoms with E-state index in [0.29, 0.717) is 13.2 Å². The lowest BCUT2D eigenvalue weighted by Gasteiger charge is -2.22. The summed E-state index contributed by atoms with van der Waals surface area (Å²) in [4.78, 5) is 25.1. The van der Waals surface area contributed by atoms with Crippen LogP contribution in [0.5, 0.6) is 0 Å². The maximum absolute atomic E-state index is 12.0. The summed E-state index contributed by atoms with van der Waals surface area (Å²) in [7, 11) is 3.07. The highest BCUT2D eigenvalue weighted by Crippen LogP contribution is 2.12. The molecule has 0 aromatic carbocycles. The number of carbonyl (C=O) groups excluding carboxylic acids is 2. The number of carbonyl (C=O) groups is 2. The fourth-order valence-electron chi connectivity index (χ4n) is 3.04. The number of hydrogen-bond donors (Lipinski definition) is 0. The van der Waals surface area contributed by atoms with Gasteiger partial charge in [-0.1, -0.05) is 84.0 Å². The van der Waals surface area contributed by atoms with Crippen molar-refractivity contribution in [3.8, 4) is 0 Å². The van der Waals surface area contributed by atoms with E-state index in [0.717, 1.165) is 12.8 Å². The third-order valence-corrected chi connectivity index (χ3v) is 5.22. The van der Waals surface area contributed by atoms with Crippen LogP contribution < -0.4 is 0 Å². The second kappa shape index (κ2) is 20.0. The molecule has 0 bridgehead atoms. The van der Waals surface area contributed by atoms with E-state index < -0.39 is 18.1 Å². The second-order valence-electron chi connectivity index (χ2n) is 7.80. The molecule has 0 saturated heterocycles. The molecule has 0 rings (SSSR count).